The van der Waals surface area contributed by atoms with Crippen LogP contribution in [0.4, 0.5) is 0 Å². The average molecular weight is 342 g/mol. The molecular formula is C17H35N5O2. The lowest BCUT2D eigenvalue weighted by Gasteiger charge is -2.33. The maximum atomic E-state index is 11.8. The highest BCUT2D eigenvalue weighted by atomic mass is 16.5. The Bertz CT molecular complexity index is 404. The summed E-state index contributed by atoms with van der Waals surface area (Å²) >= 11 is 0. The first-order valence-corrected chi connectivity index (χ1v) is 8.74. The SMILES string of the molecule is COCCNC(=NCC(=O)N(C)C)NCC1(CN(C)C)CCCC1. The molecule has 0 heterocycles. The summed E-state index contributed by atoms with van der Waals surface area (Å²) in [7, 11) is 9.41. The predicted molar refractivity (Wildman–Crippen MR) is 98.3 cm³/mol. The number of guanidine groups is 1. The molecule has 0 unspecified atom stereocenters. The first kappa shape index (κ1) is 20.7. The predicted octanol–water partition coefficient (Wildman–Crippen LogP) is 0.378. The molecule has 1 aliphatic carbocycles. The van der Waals surface area contributed by atoms with E-state index in [2.05, 4.69) is 34.6 Å². The summed E-state index contributed by atoms with van der Waals surface area (Å²) in [5.41, 5.74) is 0.290. The van der Waals surface area contributed by atoms with Gasteiger partial charge in [-0.1, -0.05) is 12.8 Å². The van der Waals surface area contributed by atoms with Gasteiger partial charge < -0.3 is 25.2 Å². The monoisotopic (exact) mass is 341 g/mol. The van der Waals surface area contributed by atoms with Crippen LogP contribution in [0, 0.1) is 5.41 Å². The van der Waals surface area contributed by atoms with Crippen molar-refractivity contribution in [2.24, 2.45) is 10.4 Å². The maximum absolute atomic E-state index is 11.8. The van der Waals surface area contributed by atoms with Crippen LogP contribution < -0.4 is 10.6 Å². The van der Waals surface area contributed by atoms with E-state index >= 15 is 0 Å². The van der Waals surface area contributed by atoms with Gasteiger partial charge in [0.2, 0.25) is 5.91 Å². The molecule has 0 saturated heterocycles. The minimum absolute atomic E-state index is 0.00767. The molecule has 0 aromatic heterocycles. The zero-order valence-corrected chi connectivity index (χ0v) is 16.0. The molecule has 2 N–H and O–H groups in total. The summed E-state index contributed by atoms with van der Waals surface area (Å²) in [6.45, 7) is 3.36. The van der Waals surface area contributed by atoms with E-state index < -0.39 is 0 Å². The number of nitrogens with zero attached hydrogens (tertiary/aromatic N) is 3. The van der Waals surface area contributed by atoms with Crippen LogP contribution in [0.5, 0.6) is 0 Å². The van der Waals surface area contributed by atoms with Crippen LogP contribution in [0.2, 0.25) is 0 Å². The molecule has 0 aromatic rings. The van der Waals surface area contributed by atoms with Crippen molar-refractivity contribution in [1.82, 2.24) is 20.4 Å². The van der Waals surface area contributed by atoms with Crippen LogP contribution in [0.15, 0.2) is 4.99 Å². The fraction of sp³-hybridized carbons (Fsp3) is 0.882. The van der Waals surface area contributed by atoms with E-state index in [-0.39, 0.29) is 12.5 Å². The van der Waals surface area contributed by atoms with Gasteiger partial charge >= 0.3 is 0 Å². The van der Waals surface area contributed by atoms with E-state index in [1.165, 1.54) is 25.7 Å². The third-order valence-corrected chi connectivity index (χ3v) is 4.42. The van der Waals surface area contributed by atoms with Crippen molar-refractivity contribution in [3.8, 4) is 0 Å². The summed E-state index contributed by atoms with van der Waals surface area (Å²) in [5.74, 6) is 0.680. The quantitative estimate of drug-likeness (QED) is 0.360. The zero-order chi connectivity index (χ0) is 18.0. The van der Waals surface area contributed by atoms with Gasteiger partial charge in [0.25, 0.3) is 0 Å². The number of carbonyl (C=O) groups excluding carboxylic acids is 1. The molecule has 1 amide bonds. The van der Waals surface area contributed by atoms with Crippen molar-refractivity contribution in [3.05, 3.63) is 0 Å². The minimum Gasteiger partial charge on any atom is -0.383 e. The number of nitrogens with one attached hydrogen (secondary N) is 2. The Balaban J connectivity index is 2.64. The molecule has 7 nitrogen and oxygen atoms in total. The van der Waals surface area contributed by atoms with Gasteiger partial charge in [0.1, 0.15) is 6.54 Å². The number of ether oxygens (including phenoxy) is 1. The summed E-state index contributed by atoms with van der Waals surface area (Å²) in [6, 6.07) is 0. The van der Waals surface area contributed by atoms with Crippen molar-refractivity contribution in [2.75, 3.05) is 68.1 Å². The van der Waals surface area contributed by atoms with E-state index in [1.54, 1.807) is 26.1 Å². The highest BCUT2D eigenvalue weighted by Gasteiger charge is 2.34. The average Bonchev–Trinajstić information content (AvgIpc) is 2.97. The summed E-state index contributed by atoms with van der Waals surface area (Å²) in [6.07, 6.45) is 5.05. The first-order chi connectivity index (χ1) is 11.4. The maximum Gasteiger partial charge on any atom is 0.243 e. The Morgan fingerprint density at radius 1 is 1.17 bits per heavy atom. The number of amides is 1. The van der Waals surface area contributed by atoms with Gasteiger partial charge in [0, 0.05) is 46.3 Å². The zero-order valence-electron chi connectivity index (χ0n) is 16.0. The largest absolute Gasteiger partial charge is 0.383 e. The number of methoxy groups -OCH3 is 1. The molecule has 0 bridgehead atoms. The van der Waals surface area contributed by atoms with Gasteiger partial charge in [0.15, 0.2) is 5.96 Å². The molecule has 0 spiro atoms. The topological polar surface area (TPSA) is 69.2 Å². The first-order valence-electron chi connectivity index (χ1n) is 8.74. The van der Waals surface area contributed by atoms with E-state index in [0.29, 0.717) is 24.5 Å². The second kappa shape index (κ2) is 10.5. The molecule has 0 aliphatic heterocycles. The highest BCUT2D eigenvalue weighted by molar-refractivity contribution is 5.84. The van der Waals surface area contributed by atoms with Crippen LogP contribution in [-0.2, 0) is 9.53 Å². The van der Waals surface area contributed by atoms with Crippen molar-refractivity contribution in [2.45, 2.75) is 25.7 Å². The van der Waals surface area contributed by atoms with E-state index in [0.717, 1.165) is 13.1 Å². The van der Waals surface area contributed by atoms with Crippen LogP contribution in [-0.4, -0.2) is 89.8 Å². The van der Waals surface area contributed by atoms with Crippen LogP contribution in [0.25, 0.3) is 0 Å². The normalized spacial score (nSPS) is 17.2. The van der Waals surface area contributed by atoms with Gasteiger partial charge in [-0.3, -0.25) is 4.79 Å². The lowest BCUT2D eigenvalue weighted by molar-refractivity contribution is -0.127. The van der Waals surface area contributed by atoms with Crippen LogP contribution in [0.3, 0.4) is 0 Å². The van der Waals surface area contributed by atoms with Gasteiger partial charge in [-0.25, -0.2) is 4.99 Å². The van der Waals surface area contributed by atoms with Gasteiger partial charge in [-0.2, -0.15) is 0 Å². The third kappa shape index (κ3) is 7.49. The van der Waals surface area contributed by atoms with Gasteiger partial charge in [-0.05, 0) is 26.9 Å². The van der Waals surface area contributed by atoms with Crippen molar-refractivity contribution in [3.63, 3.8) is 0 Å². The molecule has 24 heavy (non-hydrogen) atoms. The fourth-order valence-corrected chi connectivity index (χ4v) is 3.19. The van der Waals surface area contributed by atoms with Gasteiger partial charge in [0.05, 0.1) is 6.61 Å². The second-order valence-electron chi connectivity index (χ2n) is 7.17. The minimum atomic E-state index is -0.00767. The van der Waals surface area contributed by atoms with E-state index in [4.69, 9.17) is 4.74 Å². The second-order valence-corrected chi connectivity index (χ2v) is 7.17. The Hall–Kier alpha value is -1.34. The standard InChI is InChI=1S/C17H35N5O2/c1-21(2)14-17(8-6-7-9-17)13-20-16(18-10-11-24-5)19-12-15(23)22(3)4/h6-14H2,1-5H3,(H2,18,19,20). The van der Waals surface area contributed by atoms with Crippen molar-refractivity contribution >= 4 is 11.9 Å². The van der Waals surface area contributed by atoms with E-state index in [9.17, 15) is 4.79 Å². The molecule has 7 heteroatoms. The van der Waals surface area contributed by atoms with Gasteiger partial charge in [-0.15, -0.1) is 0 Å². The molecular weight excluding hydrogens is 306 g/mol. The van der Waals surface area contributed by atoms with Crippen LogP contribution >= 0.6 is 0 Å². The fourth-order valence-electron chi connectivity index (χ4n) is 3.19. The van der Waals surface area contributed by atoms with Crippen LogP contribution in [0.1, 0.15) is 25.7 Å². The lowest BCUT2D eigenvalue weighted by Crippen LogP contribution is -2.47. The molecule has 1 aliphatic rings. The molecule has 1 rings (SSSR count). The molecule has 0 atom stereocenters. The molecule has 0 radical (unpaired) electrons. The Morgan fingerprint density at radius 2 is 1.83 bits per heavy atom. The van der Waals surface area contributed by atoms with E-state index in [1.807, 2.05) is 0 Å². The Kier molecular flexibility index (Phi) is 9.07. The Labute approximate surface area is 146 Å². The number of rotatable bonds is 9. The Morgan fingerprint density at radius 3 is 2.38 bits per heavy atom. The van der Waals surface area contributed by atoms with Crippen molar-refractivity contribution in [1.29, 1.82) is 0 Å². The number of hydrogen-bond donors (Lipinski definition) is 2. The lowest BCUT2D eigenvalue weighted by atomic mass is 9.85. The highest BCUT2D eigenvalue weighted by Crippen LogP contribution is 2.37. The third-order valence-electron chi connectivity index (χ3n) is 4.42. The van der Waals surface area contributed by atoms with Crippen molar-refractivity contribution < 1.29 is 9.53 Å². The molecule has 1 saturated carbocycles. The molecule has 0 aromatic carbocycles. The summed E-state index contributed by atoms with van der Waals surface area (Å²) in [4.78, 5) is 20.0. The number of likely N-dealkylation sites (N-methyl/N-ethyl adjacent to an activating group) is 1. The summed E-state index contributed by atoms with van der Waals surface area (Å²) < 4.78 is 5.08. The number of carbonyl (C=O) groups is 1. The summed E-state index contributed by atoms with van der Waals surface area (Å²) in [5, 5.41) is 6.69. The molecule has 1 fully saturated rings. The number of hydrogen-bond acceptors (Lipinski definition) is 4. The smallest absolute Gasteiger partial charge is 0.243 e. The molecule has 140 valence electrons. The number of aliphatic imine (C=N–C) groups is 1.